The van der Waals surface area contributed by atoms with E-state index < -0.39 is 29.0 Å². The van der Waals surface area contributed by atoms with Crippen molar-refractivity contribution in [1.82, 2.24) is 0 Å². The lowest BCUT2D eigenvalue weighted by Gasteiger charge is -2.33. The van der Waals surface area contributed by atoms with E-state index >= 15 is 0 Å². The largest absolute Gasteiger partial charge is 0.369 e. The van der Waals surface area contributed by atoms with Gasteiger partial charge in [0.05, 0.1) is 0 Å². The number of hydrogen-bond acceptors (Lipinski definition) is 8. The van der Waals surface area contributed by atoms with Gasteiger partial charge in [0.1, 0.15) is 0 Å². The van der Waals surface area contributed by atoms with Gasteiger partial charge in [0.2, 0.25) is 0 Å². The standard InChI is InChI=1S/C11H15N2O8P/c1-11(21-13(16)17,22(18,19-2)20-3)10(12(14)15)9-7-5-4-6-8-9/h4-8,10H,1-3H3. The van der Waals surface area contributed by atoms with Crippen LogP contribution in [0.5, 0.6) is 0 Å². The van der Waals surface area contributed by atoms with Gasteiger partial charge in [-0.25, -0.2) is 0 Å². The van der Waals surface area contributed by atoms with Gasteiger partial charge in [0.15, 0.2) is 0 Å². The first-order valence-electron chi connectivity index (χ1n) is 5.95. The third-order valence-electron chi connectivity index (χ3n) is 3.12. The molecule has 1 aromatic carbocycles. The smallest absolute Gasteiger partial charge is 0.310 e. The first kappa shape index (κ1) is 18.0. The van der Waals surface area contributed by atoms with Crippen molar-refractivity contribution in [2.24, 2.45) is 0 Å². The minimum Gasteiger partial charge on any atom is -0.310 e. The van der Waals surface area contributed by atoms with Gasteiger partial charge >= 0.3 is 7.60 Å². The Morgan fingerprint density at radius 2 is 1.64 bits per heavy atom. The summed E-state index contributed by atoms with van der Waals surface area (Å²) in [4.78, 5) is 25.9. The van der Waals surface area contributed by atoms with Gasteiger partial charge in [-0.3, -0.25) is 19.5 Å². The number of benzene rings is 1. The number of rotatable bonds is 8. The molecule has 0 saturated carbocycles. The zero-order chi connectivity index (χ0) is 17.0. The van der Waals surface area contributed by atoms with Crippen molar-refractivity contribution < 1.29 is 28.5 Å². The lowest BCUT2D eigenvalue weighted by atomic mass is 10.0. The van der Waals surface area contributed by atoms with E-state index in [1.807, 2.05) is 0 Å². The molecule has 11 heteroatoms. The van der Waals surface area contributed by atoms with Crippen LogP contribution < -0.4 is 0 Å². The molecule has 122 valence electrons. The highest BCUT2D eigenvalue weighted by Gasteiger charge is 2.62. The van der Waals surface area contributed by atoms with Gasteiger partial charge in [-0.15, -0.1) is 10.1 Å². The van der Waals surface area contributed by atoms with E-state index in [2.05, 4.69) is 4.84 Å². The summed E-state index contributed by atoms with van der Waals surface area (Å²) in [5, 5.41) is 18.5. The van der Waals surface area contributed by atoms with Crippen LogP contribution in [0.4, 0.5) is 0 Å². The van der Waals surface area contributed by atoms with Crippen LogP contribution in [-0.4, -0.2) is 29.6 Å². The summed E-state index contributed by atoms with van der Waals surface area (Å²) in [5.41, 5.74) is 0.0613. The monoisotopic (exact) mass is 334 g/mol. The van der Waals surface area contributed by atoms with E-state index in [1.165, 1.54) is 24.3 Å². The Balaban J connectivity index is 3.56. The fourth-order valence-corrected chi connectivity index (χ4v) is 3.68. The lowest BCUT2D eigenvalue weighted by molar-refractivity contribution is -0.785. The van der Waals surface area contributed by atoms with Gasteiger partial charge in [0.25, 0.3) is 16.5 Å². The Morgan fingerprint density at radius 1 is 1.14 bits per heavy atom. The molecular weight excluding hydrogens is 319 g/mol. The summed E-state index contributed by atoms with van der Waals surface area (Å²) in [6, 6.07) is 5.50. The third-order valence-corrected chi connectivity index (χ3v) is 5.49. The van der Waals surface area contributed by atoms with Crippen molar-refractivity contribution in [3.8, 4) is 0 Å². The van der Waals surface area contributed by atoms with Gasteiger partial charge in [-0.2, -0.15) is 0 Å². The molecule has 10 nitrogen and oxygen atoms in total. The second-order valence-corrected chi connectivity index (χ2v) is 6.94. The maximum atomic E-state index is 12.6. The van der Waals surface area contributed by atoms with Crippen LogP contribution in [0.15, 0.2) is 30.3 Å². The van der Waals surface area contributed by atoms with Crippen molar-refractivity contribution in [3.05, 3.63) is 56.1 Å². The Hall–Kier alpha value is -2.03. The normalized spacial score (nSPS) is 15.6. The molecule has 0 saturated heterocycles. The predicted molar refractivity (Wildman–Crippen MR) is 74.3 cm³/mol. The van der Waals surface area contributed by atoms with Crippen molar-refractivity contribution in [2.45, 2.75) is 18.3 Å². The third kappa shape index (κ3) is 3.24. The molecule has 2 atom stereocenters. The molecule has 1 aromatic rings. The van der Waals surface area contributed by atoms with Crippen LogP contribution in [0.1, 0.15) is 18.5 Å². The molecule has 0 aromatic heterocycles. The molecule has 2 unspecified atom stereocenters. The SMILES string of the molecule is COP(=O)(OC)C(C)(O[N+](=O)[O-])C(c1ccccc1)[N+](=O)[O-]. The topological polar surface area (TPSA) is 131 Å². The van der Waals surface area contributed by atoms with Crippen molar-refractivity contribution in [3.63, 3.8) is 0 Å². The summed E-state index contributed by atoms with van der Waals surface area (Å²) in [7, 11) is -2.41. The Labute approximate surface area is 125 Å². The minimum absolute atomic E-state index is 0.0613. The molecule has 22 heavy (non-hydrogen) atoms. The Kier molecular flexibility index (Phi) is 5.59. The molecule has 0 bridgehead atoms. The van der Waals surface area contributed by atoms with Crippen molar-refractivity contribution in [1.29, 1.82) is 0 Å². The second kappa shape index (κ2) is 6.82. The number of hydrogen-bond donors (Lipinski definition) is 0. The molecule has 0 fully saturated rings. The fraction of sp³-hybridized carbons (Fsp3) is 0.455. The summed E-state index contributed by atoms with van der Waals surface area (Å²) >= 11 is 0. The van der Waals surface area contributed by atoms with Crippen molar-refractivity contribution >= 4 is 7.60 Å². The lowest BCUT2D eigenvalue weighted by Crippen LogP contribution is -2.42. The second-order valence-electron chi connectivity index (χ2n) is 4.33. The van der Waals surface area contributed by atoms with Crippen LogP contribution in [0.25, 0.3) is 0 Å². The molecule has 0 radical (unpaired) electrons. The fourth-order valence-electron chi connectivity index (χ4n) is 2.10. The van der Waals surface area contributed by atoms with Crippen LogP contribution in [0.3, 0.4) is 0 Å². The van der Waals surface area contributed by atoms with Gasteiger partial charge in [0, 0.05) is 24.7 Å². The molecule has 0 amide bonds. The number of nitro groups is 1. The zero-order valence-corrected chi connectivity index (χ0v) is 13.0. The van der Waals surface area contributed by atoms with Gasteiger partial charge in [-0.1, -0.05) is 30.3 Å². The molecule has 0 N–H and O–H groups in total. The maximum Gasteiger partial charge on any atom is 0.369 e. The van der Waals surface area contributed by atoms with E-state index in [-0.39, 0.29) is 5.56 Å². The highest BCUT2D eigenvalue weighted by molar-refractivity contribution is 7.55. The van der Waals surface area contributed by atoms with Crippen LogP contribution in [0, 0.1) is 20.2 Å². The van der Waals surface area contributed by atoms with Gasteiger partial charge in [-0.05, 0) is 6.92 Å². The predicted octanol–water partition coefficient (Wildman–Crippen LogP) is 2.41. The van der Waals surface area contributed by atoms with Crippen molar-refractivity contribution in [2.75, 3.05) is 14.2 Å². The van der Waals surface area contributed by atoms with Crippen LogP contribution in [0.2, 0.25) is 0 Å². The zero-order valence-electron chi connectivity index (χ0n) is 12.1. The average molecular weight is 334 g/mol. The summed E-state index contributed by atoms with van der Waals surface area (Å²) in [6.07, 6.45) is 0. The molecule has 1 rings (SSSR count). The first-order chi connectivity index (χ1) is 10.2. The maximum absolute atomic E-state index is 12.6. The molecular formula is C11H15N2O8P. The highest BCUT2D eigenvalue weighted by Crippen LogP contribution is 2.64. The summed E-state index contributed by atoms with van der Waals surface area (Å²) in [6.45, 7) is 0.948. The molecule has 0 aliphatic rings. The summed E-state index contributed by atoms with van der Waals surface area (Å²) in [5.74, 6) is 0. The Morgan fingerprint density at radius 3 is 2.00 bits per heavy atom. The average Bonchev–Trinajstić information content (AvgIpc) is 2.46. The van der Waals surface area contributed by atoms with Gasteiger partial charge < -0.3 is 9.05 Å². The highest BCUT2D eigenvalue weighted by atomic mass is 31.2. The summed E-state index contributed by atoms with van der Waals surface area (Å²) < 4.78 is 22.1. The molecule has 0 spiro atoms. The van der Waals surface area contributed by atoms with E-state index in [0.717, 1.165) is 21.1 Å². The first-order valence-corrected chi connectivity index (χ1v) is 7.49. The van der Waals surface area contributed by atoms with E-state index in [9.17, 15) is 24.8 Å². The minimum atomic E-state index is -4.34. The quantitative estimate of drug-likeness (QED) is 0.402. The molecule has 0 heterocycles. The van der Waals surface area contributed by atoms with E-state index in [4.69, 9.17) is 9.05 Å². The Bertz CT molecular complexity index is 587. The molecule has 0 aliphatic heterocycles. The number of nitrogens with zero attached hydrogens (tertiary/aromatic N) is 2. The van der Waals surface area contributed by atoms with Crippen LogP contribution >= 0.6 is 7.60 Å². The van der Waals surface area contributed by atoms with Crippen LogP contribution in [-0.2, 0) is 18.5 Å². The molecule has 0 aliphatic carbocycles. The van der Waals surface area contributed by atoms with E-state index in [1.54, 1.807) is 6.07 Å². The van der Waals surface area contributed by atoms with E-state index in [0.29, 0.717) is 0 Å².